The Labute approximate surface area is 186 Å². The van der Waals surface area contributed by atoms with E-state index in [1.807, 2.05) is 0 Å². The Balaban J connectivity index is 1.74. The standard InChI is InChI=1S/C20H15Cl2FN4O4/c1-30-20(29)10-2-4-11(5-3-10)25-19(28)15-8-16(18(24)27-26-15)31-9-12-13(21)6-7-14(23)17(12)22/h2-8H,9H2,1H3,(H2,24,27)(H,25,28). The number of carbonyl (C=O) groups excluding carboxylic acids is 2. The molecular weight excluding hydrogens is 450 g/mol. The number of methoxy groups -OCH3 is 1. The van der Waals surface area contributed by atoms with Gasteiger partial charge in [0.2, 0.25) is 0 Å². The maximum Gasteiger partial charge on any atom is 0.337 e. The van der Waals surface area contributed by atoms with E-state index >= 15 is 0 Å². The van der Waals surface area contributed by atoms with Crippen LogP contribution in [0.2, 0.25) is 10.0 Å². The van der Waals surface area contributed by atoms with E-state index in [0.29, 0.717) is 11.3 Å². The lowest BCUT2D eigenvalue weighted by Gasteiger charge is -2.12. The molecule has 8 nitrogen and oxygen atoms in total. The molecule has 0 atom stereocenters. The molecule has 3 rings (SSSR count). The Morgan fingerprint density at radius 2 is 1.84 bits per heavy atom. The highest BCUT2D eigenvalue weighted by Crippen LogP contribution is 2.29. The van der Waals surface area contributed by atoms with Crippen LogP contribution >= 0.6 is 23.2 Å². The highest BCUT2D eigenvalue weighted by atomic mass is 35.5. The summed E-state index contributed by atoms with van der Waals surface area (Å²) in [4.78, 5) is 24.0. The SMILES string of the molecule is COC(=O)c1ccc(NC(=O)c2cc(OCc3c(Cl)ccc(F)c3Cl)c(N)nn2)cc1. The first-order chi connectivity index (χ1) is 14.8. The zero-order chi connectivity index (χ0) is 22.5. The largest absolute Gasteiger partial charge is 0.485 e. The molecule has 0 aliphatic rings. The third-order valence-electron chi connectivity index (χ3n) is 4.09. The van der Waals surface area contributed by atoms with Crippen LogP contribution < -0.4 is 15.8 Å². The predicted molar refractivity (Wildman–Crippen MR) is 113 cm³/mol. The summed E-state index contributed by atoms with van der Waals surface area (Å²) >= 11 is 12.0. The van der Waals surface area contributed by atoms with Gasteiger partial charge in [-0.15, -0.1) is 10.2 Å². The third-order valence-corrected chi connectivity index (χ3v) is 4.86. The third kappa shape index (κ3) is 5.19. The van der Waals surface area contributed by atoms with Gasteiger partial charge in [0.1, 0.15) is 12.4 Å². The van der Waals surface area contributed by atoms with Crippen molar-refractivity contribution in [3.8, 4) is 5.75 Å². The Bertz CT molecular complexity index is 1140. The van der Waals surface area contributed by atoms with Crippen LogP contribution in [0.4, 0.5) is 15.9 Å². The second-order valence-electron chi connectivity index (χ2n) is 6.11. The molecule has 160 valence electrons. The number of rotatable bonds is 6. The summed E-state index contributed by atoms with van der Waals surface area (Å²) in [5, 5.41) is 10.1. The summed E-state index contributed by atoms with van der Waals surface area (Å²) < 4.78 is 23.8. The van der Waals surface area contributed by atoms with Crippen LogP contribution in [0.5, 0.6) is 5.75 Å². The van der Waals surface area contributed by atoms with E-state index in [9.17, 15) is 14.0 Å². The molecule has 0 fully saturated rings. The first kappa shape index (κ1) is 22.3. The second-order valence-corrected chi connectivity index (χ2v) is 6.90. The van der Waals surface area contributed by atoms with Gasteiger partial charge in [-0.05, 0) is 36.4 Å². The van der Waals surface area contributed by atoms with Crippen LogP contribution in [0.3, 0.4) is 0 Å². The number of hydrogen-bond acceptors (Lipinski definition) is 7. The van der Waals surface area contributed by atoms with Crippen molar-refractivity contribution in [1.82, 2.24) is 10.2 Å². The number of ether oxygens (including phenoxy) is 2. The van der Waals surface area contributed by atoms with Crippen LogP contribution in [0.1, 0.15) is 26.4 Å². The van der Waals surface area contributed by atoms with Gasteiger partial charge >= 0.3 is 5.97 Å². The Morgan fingerprint density at radius 3 is 2.52 bits per heavy atom. The van der Waals surface area contributed by atoms with Crippen LogP contribution in [0.25, 0.3) is 0 Å². The average molecular weight is 465 g/mol. The molecule has 0 aliphatic heterocycles. The Hall–Kier alpha value is -3.43. The maximum atomic E-state index is 13.7. The fraction of sp³-hybridized carbons (Fsp3) is 0.100. The molecule has 1 aromatic heterocycles. The fourth-order valence-electron chi connectivity index (χ4n) is 2.46. The fourth-order valence-corrected chi connectivity index (χ4v) is 2.94. The normalized spacial score (nSPS) is 10.5. The van der Waals surface area contributed by atoms with Crippen molar-refractivity contribution in [2.24, 2.45) is 0 Å². The van der Waals surface area contributed by atoms with E-state index in [-0.39, 0.29) is 39.5 Å². The highest BCUT2D eigenvalue weighted by molar-refractivity contribution is 6.36. The van der Waals surface area contributed by atoms with Crippen LogP contribution in [0, 0.1) is 5.82 Å². The lowest BCUT2D eigenvalue weighted by Crippen LogP contribution is -2.15. The molecule has 0 unspecified atom stereocenters. The number of halogens is 3. The smallest absolute Gasteiger partial charge is 0.337 e. The number of esters is 1. The van der Waals surface area contributed by atoms with E-state index in [4.69, 9.17) is 33.7 Å². The number of nitrogens with two attached hydrogens (primary N) is 1. The molecule has 0 saturated carbocycles. The Morgan fingerprint density at radius 1 is 1.13 bits per heavy atom. The molecule has 0 bridgehead atoms. The van der Waals surface area contributed by atoms with Crippen molar-refractivity contribution in [3.63, 3.8) is 0 Å². The Kier molecular flexibility index (Phi) is 6.88. The molecule has 0 radical (unpaired) electrons. The molecule has 3 aromatic rings. The minimum atomic E-state index is -0.649. The van der Waals surface area contributed by atoms with E-state index in [1.54, 1.807) is 0 Å². The molecule has 0 aliphatic carbocycles. The van der Waals surface area contributed by atoms with Crippen molar-refractivity contribution in [2.45, 2.75) is 6.61 Å². The van der Waals surface area contributed by atoms with Crippen molar-refractivity contribution >= 4 is 46.6 Å². The molecular formula is C20H15Cl2FN4O4. The number of anilines is 2. The van der Waals surface area contributed by atoms with E-state index in [0.717, 1.165) is 6.07 Å². The number of carbonyl (C=O) groups is 2. The number of nitrogens with zero attached hydrogens (tertiary/aromatic N) is 2. The van der Waals surface area contributed by atoms with Crippen molar-refractivity contribution in [3.05, 3.63) is 75.1 Å². The minimum absolute atomic E-state index is 0.0394. The maximum absolute atomic E-state index is 13.7. The zero-order valence-electron chi connectivity index (χ0n) is 16.0. The van der Waals surface area contributed by atoms with Gasteiger partial charge < -0.3 is 20.5 Å². The van der Waals surface area contributed by atoms with Crippen LogP contribution in [-0.4, -0.2) is 29.2 Å². The number of amides is 1. The number of aromatic nitrogens is 2. The van der Waals surface area contributed by atoms with Gasteiger partial charge in [-0.25, -0.2) is 9.18 Å². The summed E-state index contributed by atoms with van der Waals surface area (Å²) in [6.07, 6.45) is 0. The van der Waals surface area contributed by atoms with E-state index < -0.39 is 17.7 Å². The molecule has 3 N–H and O–H groups in total. The molecule has 31 heavy (non-hydrogen) atoms. The topological polar surface area (TPSA) is 116 Å². The van der Waals surface area contributed by atoms with Gasteiger partial charge in [0.25, 0.3) is 5.91 Å². The predicted octanol–water partition coefficient (Wildman–Crippen LogP) is 4.12. The molecule has 11 heteroatoms. The van der Waals surface area contributed by atoms with Gasteiger partial charge in [0.05, 0.1) is 17.7 Å². The lowest BCUT2D eigenvalue weighted by atomic mass is 10.2. The molecule has 1 amide bonds. The number of hydrogen-bond donors (Lipinski definition) is 2. The minimum Gasteiger partial charge on any atom is -0.485 e. The second kappa shape index (κ2) is 9.59. The van der Waals surface area contributed by atoms with Gasteiger partial charge in [-0.1, -0.05) is 23.2 Å². The summed E-state index contributed by atoms with van der Waals surface area (Å²) in [7, 11) is 1.27. The molecule has 2 aromatic carbocycles. The number of nitrogen functional groups attached to an aromatic ring is 1. The van der Waals surface area contributed by atoms with Gasteiger partial charge in [0, 0.05) is 22.3 Å². The van der Waals surface area contributed by atoms with Gasteiger partial charge in [0.15, 0.2) is 17.3 Å². The van der Waals surface area contributed by atoms with Crippen molar-refractivity contribution < 1.29 is 23.5 Å². The van der Waals surface area contributed by atoms with Gasteiger partial charge in [-0.2, -0.15) is 0 Å². The summed E-state index contributed by atoms with van der Waals surface area (Å²) in [6.45, 7) is -0.207. The first-order valence-electron chi connectivity index (χ1n) is 8.68. The highest BCUT2D eigenvalue weighted by Gasteiger charge is 2.16. The molecule has 0 saturated heterocycles. The average Bonchev–Trinajstić information content (AvgIpc) is 2.77. The molecule has 0 spiro atoms. The summed E-state index contributed by atoms with van der Waals surface area (Å²) in [5.41, 5.74) is 6.64. The van der Waals surface area contributed by atoms with Crippen LogP contribution in [-0.2, 0) is 11.3 Å². The first-order valence-corrected chi connectivity index (χ1v) is 9.44. The van der Waals surface area contributed by atoms with Crippen molar-refractivity contribution in [1.29, 1.82) is 0 Å². The van der Waals surface area contributed by atoms with Crippen LogP contribution in [0.15, 0.2) is 42.5 Å². The summed E-state index contributed by atoms with van der Waals surface area (Å²) in [6, 6.07) is 9.81. The van der Waals surface area contributed by atoms with Gasteiger partial charge in [-0.3, -0.25) is 4.79 Å². The summed E-state index contributed by atoms with van der Waals surface area (Å²) in [5.74, 6) is -1.78. The monoisotopic (exact) mass is 464 g/mol. The van der Waals surface area contributed by atoms with Crippen molar-refractivity contribution in [2.75, 3.05) is 18.2 Å². The number of nitrogens with one attached hydrogen (secondary N) is 1. The molecule has 1 heterocycles. The van der Waals surface area contributed by atoms with E-state index in [1.165, 1.54) is 43.5 Å². The lowest BCUT2D eigenvalue weighted by molar-refractivity contribution is 0.0600. The van der Waals surface area contributed by atoms with E-state index in [2.05, 4.69) is 20.3 Å². The zero-order valence-corrected chi connectivity index (χ0v) is 17.5. The number of benzene rings is 2. The quantitative estimate of drug-likeness (QED) is 0.416.